The van der Waals surface area contributed by atoms with Gasteiger partial charge < -0.3 is 15.6 Å². The molecule has 0 unspecified atom stereocenters. The predicted octanol–water partition coefficient (Wildman–Crippen LogP) is 2.27. The van der Waals surface area contributed by atoms with Crippen LogP contribution in [0.25, 0.3) is 0 Å². The van der Waals surface area contributed by atoms with Crippen molar-refractivity contribution in [3.63, 3.8) is 0 Å². The maximum atomic E-state index is 10.6. The van der Waals surface area contributed by atoms with Gasteiger partial charge in [-0.05, 0) is 18.9 Å². The minimum atomic E-state index is -0.453. The molecule has 7 nitrogen and oxygen atoms in total. The Labute approximate surface area is 116 Å². The lowest BCUT2D eigenvalue weighted by atomic mass is 10.2. The largest absolute Gasteiger partial charge is 0.397 e. The number of nitro benzene ring substituents is 1. The van der Waals surface area contributed by atoms with Gasteiger partial charge in [0, 0.05) is 37.6 Å². The highest BCUT2D eigenvalue weighted by molar-refractivity contribution is 5.69. The van der Waals surface area contributed by atoms with Crippen LogP contribution in [0, 0.1) is 10.1 Å². The molecule has 7 heteroatoms. The fourth-order valence-electron chi connectivity index (χ4n) is 1.89. The summed E-state index contributed by atoms with van der Waals surface area (Å²) in [6.07, 6.45) is 7.49. The van der Waals surface area contributed by atoms with Gasteiger partial charge in [-0.15, -0.1) is 0 Å². The van der Waals surface area contributed by atoms with Gasteiger partial charge in [0.2, 0.25) is 0 Å². The topological polar surface area (TPSA) is 99.0 Å². The summed E-state index contributed by atoms with van der Waals surface area (Å²) >= 11 is 0. The van der Waals surface area contributed by atoms with Gasteiger partial charge in [0.15, 0.2) is 0 Å². The first-order valence-electron chi connectivity index (χ1n) is 6.40. The smallest absolute Gasteiger partial charge is 0.271 e. The number of aromatic nitrogens is 2. The molecule has 1 heterocycles. The molecule has 0 saturated heterocycles. The van der Waals surface area contributed by atoms with Gasteiger partial charge in [0.25, 0.3) is 5.69 Å². The molecule has 1 aromatic heterocycles. The summed E-state index contributed by atoms with van der Waals surface area (Å²) in [5, 5.41) is 13.8. The van der Waals surface area contributed by atoms with Crippen LogP contribution < -0.4 is 11.1 Å². The summed E-state index contributed by atoms with van der Waals surface area (Å²) < 4.78 is 2.03. The highest BCUT2D eigenvalue weighted by atomic mass is 16.6. The summed E-state index contributed by atoms with van der Waals surface area (Å²) in [5.41, 5.74) is 6.91. The molecular formula is C13H17N5O2. The Morgan fingerprint density at radius 2 is 2.25 bits per heavy atom. The van der Waals surface area contributed by atoms with Crippen LogP contribution in [0.15, 0.2) is 36.9 Å². The lowest BCUT2D eigenvalue weighted by molar-refractivity contribution is -0.384. The van der Waals surface area contributed by atoms with Crippen LogP contribution in [0.2, 0.25) is 0 Å². The third-order valence-corrected chi connectivity index (χ3v) is 2.96. The van der Waals surface area contributed by atoms with Crippen LogP contribution in [0.5, 0.6) is 0 Å². The minimum Gasteiger partial charge on any atom is -0.397 e. The Morgan fingerprint density at radius 1 is 1.40 bits per heavy atom. The number of nitrogens with one attached hydrogen (secondary N) is 1. The molecule has 0 spiro atoms. The van der Waals surface area contributed by atoms with Crippen molar-refractivity contribution in [1.82, 2.24) is 9.55 Å². The summed E-state index contributed by atoms with van der Waals surface area (Å²) in [4.78, 5) is 14.1. The molecule has 0 aliphatic carbocycles. The van der Waals surface area contributed by atoms with Crippen LogP contribution in [-0.2, 0) is 6.54 Å². The molecule has 0 aliphatic heterocycles. The Morgan fingerprint density at radius 3 is 2.90 bits per heavy atom. The maximum absolute atomic E-state index is 10.6. The van der Waals surface area contributed by atoms with Crippen LogP contribution in [0.4, 0.5) is 17.1 Å². The van der Waals surface area contributed by atoms with E-state index in [1.165, 1.54) is 12.1 Å². The van der Waals surface area contributed by atoms with Crippen molar-refractivity contribution in [3.05, 3.63) is 47.0 Å². The molecule has 0 radical (unpaired) electrons. The first-order valence-corrected chi connectivity index (χ1v) is 6.40. The molecule has 0 atom stereocenters. The van der Waals surface area contributed by atoms with E-state index in [2.05, 4.69) is 10.3 Å². The fourth-order valence-corrected chi connectivity index (χ4v) is 1.89. The van der Waals surface area contributed by atoms with E-state index in [9.17, 15) is 10.1 Å². The van der Waals surface area contributed by atoms with Gasteiger partial charge in [0.05, 0.1) is 22.6 Å². The average molecular weight is 275 g/mol. The molecule has 0 fully saturated rings. The number of nitrogens with two attached hydrogens (primary N) is 1. The van der Waals surface area contributed by atoms with E-state index in [-0.39, 0.29) is 5.69 Å². The third kappa shape index (κ3) is 3.71. The van der Waals surface area contributed by atoms with E-state index in [1.54, 1.807) is 18.6 Å². The second kappa shape index (κ2) is 6.55. The van der Waals surface area contributed by atoms with Crippen LogP contribution in [0.3, 0.4) is 0 Å². The summed E-state index contributed by atoms with van der Waals surface area (Å²) in [5.74, 6) is 0. The average Bonchev–Trinajstić information content (AvgIpc) is 2.93. The van der Waals surface area contributed by atoms with Gasteiger partial charge in [-0.25, -0.2) is 4.98 Å². The number of nitrogen functional groups attached to an aromatic ring is 1. The third-order valence-electron chi connectivity index (χ3n) is 2.96. The molecule has 2 rings (SSSR count). The Bertz CT molecular complexity index is 568. The summed E-state index contributed by atoms with van der Waals surface area (Å²) in [6, 6.07) is 4.46. The fraction of sp³-hybridized carbons (Fsp3) is 0.308. The van der Waals surface area contributed by atoms with Crippen molar-refractivity contribution in [2.24, 2.45) is 0 Å². The number of non-ortho nitro benzene ring substituents is 1. The van der Waals surface area contributed by atoms with Crippen molar-refractivity contribution in [3.8, 4) is 0 Å². The first-order chi connectivity index (χ1) is 9.66. The number of anilines is 2. The van der Waals surface area contributed by atoms with Crippen LogP contribution in [0.1, 0.15) is 12.8 Å². The van der Waals surface area contributed by atoms with Crippen LogP contribution >= 0.6 is 0 Å². The van der Waals surface area contributed by atoms with E-state index < -0.39 is 4.92 Å². The standard InChI is InChI=1S/C13H17N5O2/c14-12-9-11(18(19)20)3-4-13(12)16-5-1-2-7-17-8-6-15-10-17/h3-4,6,8-10,16H,1-2,5,7,14H2. The number of imidazole rings is 1. The predicted molar refractivity (Wildman–Crippen MR) is 77.5 cm³/mol. The van der Waals surface area contributed by atoms with E-state index in [0.29, 0.717) is 5.69 Å². The number of benzene rings is 1. The zero-order chi connectivity index (χ0) is 14.4. The number of nitrogens with zero attached hydrogens (tertiary/aromatic N) is 3. The van der Waals surface area contributed by atoms with Crippen molar-refractivity contribution >= 4 is 17.1 Å². The lowest BCUT2D eigenvalue weighted by Gasteiger charge is -2.09. The second-order valence-corrected chi connectivity index (χ2v) is 4.46. The first kappa shape index (κ1) is 13.9. The number of hydrogen-bond donors (Lipinski definition) is 2. The van der Waals surface area contributed by atoms with Crippen molar-refractivity contribution < 1.29 is 4.92 Å². The van der Waals surface area contributed by atoms with E-state index in [0.717, 1.165) is 31.6 Å². The normalized spacial score (nSPS) is 10.4. The quantitative estimate of drug-likeness (QED) is 0.349. The van der Waals surface area contributed by atoms with Gasteiger partial charge in [-0.2, -0.15) is 0 Å². The molecule has 0 aliphatic rings. The molecule has 0 saturated carbocycles. The van der Waals surface area contributed by atoms with Gasteiger partial charge in [0.1, 0.15) is 0 Å². The highest BCUT2D eigenvalue weighted by Gasteiger charge is 2.07. The number of hydrogen-bond acceptors (Lipinski definition) is 5. The molecule has 0 amide bonds. The SMILES string of the molecule is Nc1cc([N+](=O)[O-])ccc1NCCCCn1ccnc1. The van der Waals surface area contributed by atoms with Gasteiger partial charge in [-0.1, -0.05) is 0 Å². The molecule has 3 N–H and O–H groups in total. The molecule has 20 heavy (non-hydrogen) atoms. The number of unbranched alkanes of at least 4 members (excludes halogenated alkanes) is 1. The monoisotopic (exact) mass is 275 g/mol. The van der Waals surface area contributed by atoms with E-state index in [1.807, 2.05) is 10.8 Å². The Hall–Kier alpha value is -2.57. The van der Waals surface area contributed by atoms with Gasteiger partial charge in [-0.3, -0.25) is 10.1 Å². The molecule has 2 aromatic rings. The number of rotatable bonds is 7. The minimum absolute atomic E-state index is 0.00755. The molecule has 1 aromatic carbocycles. The summed E-state index contributed by atoms with van der Waals surface area (Å²) in [7, 11) is 0. The molecular weight excluding hydrogens is 258 g/mol. The van der Waals surface area contributed by atoms with E-state index in [4.69, 9.17) is 5.73 Å². The summed E-state index contributed by atoms with van der Waals surface area (Å²) in [6.45, 7) is 1.70. The van der Waals surface area contributed by atoms with Crippen molar-refractivity contribution in [1.29, 1.82) is 0 Å². The highest BCUT2D eigenvalue weighted by Crippen LogP contribution is 2.23. The van der Waals surface area contributed by atoms with E-state index >= 15 is 0 Å². The second-order valence-electron chi connectivity index (χ2n) is 4.46. The number of aryl methyl sites for hydroxylation is 1. The Balaban J connectivity index is 1.75. The molecule has 106 valence electrons. The zero-order valence-corrected chi connectivity index (χ0v) is 11.0. The zero-order valence-electron chi connectivity index (χ0n) is 11.0. The van der Waals surface area contributed by atoms with Gasteiger partial charge >= 0.3 is 0 Å². The van der Waals surface area contributed by atoms with Crippen molar-refractivity contribution in [2.75, 3.05) is 17.6 Å². The lowest BCUT2D eigenvalue weighted by Crippen LogP contribution is -2.06. The van der Waals surface area contributed by atoms with Crippen molar-refractivity contribution in [2.45, 2.75) is 19.4 Å². The van der Waals surface area contributed by atoms with Crippen LogP contribution in [-0.4, -0.2) is 21.0 Å². The Kier molecular flexibility index (Phi) is 4.54. The molecule has 0 bridgehead atoms. The maximum Gasteiger partial charge on any atom is 0.271 e. The number of nitro groups is 1.